The first kappa shape index (κ1) is 23.4. The van der Waals surface area contributed by atoms with Crippen molar-refractivity contribution in [3.05, 3.63) is 68.9 Å². The summed E-state index contributed by atoms with van der Waals surface area (Å²) < 4.78 is 42.3. The number of carbonyl (C=O) groups excluding carboxylic acids is 1. The van der Waals surface area contributed by atoms with Crippen LogP contribution in [0.4, 0.5) is 18.2 Å². The molecule has 34 heavy (non-hydrogen) atoms. The van der Waals surface area contributed by atoms with Crippen LogP contribution in [0, 0.1) is 32.1 Å². The quantitative estimate of drug-likeness (QED) is 0.381. The number of anilines is 1. The molecule has 3 heterocycles. The van der Waals surface area contributed by atoms with Crippen LogP contribution < -0.4 is 5.32 Å². The van der Waals surface area contributed by atoms with Gasteiger partial charge in [0.25, 0.3) is 5.91 Å². The number of nitriles is 1. The molecule has 0 aliphatic heterocycles. The minimum absolute atomic E-state index is 0.106. The molecule has 1 amide bonds. The second-order valence-electron chi connectivity index (χ2n) is 7.88. The number of carbonyl (C=O) groups is 1. The molecule has 0 atom stereocenters. The largest absolute Gasteiger partial charge is 0.433 e. The Bertz CT molecular complexity index is 1480. The van der Waals surface area contributed by atoms with Gasteiger partial charge in [-0.05, 0) is 56.0 Å². The van der Waals surface area contributed by atoms with Crippen molar-refractivity contribution in [1.82, 2.24) is 14.6 Å². The Hall–Kier alpha value is -3.71. The monoisotopic (exact) mass is 483 g/mol. The Morgan fingerprint density at radius 2 is 1.91 bits per heavy atom. The van der Waals surface area contributed by atoms with Gasteiger partial charge in [0, 0.05) is 16.5 Å². The molecule has 174 valence electrons. The van der Waals surface area contributed by atoms with Gasteiger partial charge in [-0.15, -0.1) is 11.3 Å². The normalized spacial score (nSPS) is 11.6. The third-order valence-electron chi connectivity index (χ3n) is 5.65. The number of benzene rings is 1. The summed E-state index contributed by atoms with van der Waals surface area (Å²) in [5.74, 6) is -0.716. The molecule has 0 spiro atoms. The smallest absolute Gasteiger partial charge is 0.311 e. The van der Waals surface area contributed by atoms with Crippen LogP contribution in [0.1, 0.15) is 50.2 Å². The summed E-state index contributed by atoms with van der Waals surface area (Å²) in [6, 6.07) is 9.52. The zero-order chi connectivity index (χ0) is 24.8. The molecule has 0 saturated heterocycles. The van der Waals surface area contributed by atoms with Gasteiger partial charge in [0.2, 0.25) is 0 Å². The van der Waals surface area contributed by atoms with E-state index in [1.54, 1.807) is 12.1 Å². The lowest BCUT2D eigenvalue weighted by atomic mass is 10.0. The fourth-order valence-corrected chi connectivity index (χ4v) is 4.80. The molecule has 0 bridgehead atoms. The van der Waals surface area contributed by atoms with Gasteiger partial charge in [0.1, 0.15) is 11.1 Å². The molecule has 0 saturated carbocycles. The number of hydrogen-bond acceptors (Lipinski definition) is 5. The van der Waals surface area contributed by atoms with Crippen molar-refractivity contribution in [2.24, 2.45) is 0 Å². The van der Waals surface area contributed by atoms with Crippen LogP contribution in [0.5, 0.6) is 0 Å². The minimum atomic E-state index is -4.72. The summed E-state index contributed by atoms with van der Waals surface area (Å²) >= 11 is 1.24. The van der Waals surface area contributed by atoms with Gasteiger partial charge < -0.3 is 5.32 Å². The molecular weight excluding hydrogens is 463 g/mol. The maximum Gasteiger partial charge on any atom is 0.433 e. The van der Waals surface area contributed by atoms with E-state index in [0.717, 1.165) is 27.6 Å². The highest BCUT2D eigenvalue weighted by molar-refractivity contribution is 7.16. The van der Waals surface area contributed by atoms with E-state index in [2.05, 4.69) is 21.5 Å². The molecule has 4 rings (SSSR count). The zero-order valence-corrected chi connectivity index (χ0v) is 19.6. The molecule has 0 aliphatic rings. The van der Waals surface area contributed by atoms with Crippen LogP contribution in [-0.2, 0) is 12.6 Å². The van der Waals surface area contributed by atoms with E-state index in [9.17, 15) is 23.2 Å². The van der Waals surface area contributed by atoms with E-state index in [1.165, 1.54) is 17.4 Å². The van der Waals surface area contributed by atoms with Crippen molar-refractivity contribution < 1.29 is 18.0 Å². The number of nitrogens with zero attached hydrogens (tertiary/aromatic N) is 4. The van der Waals surface area contributed by atoms with Crippen molar-refractivity contribution in [3.63, 3.8) is 0 Å². The summed E-state index contributed by atoms with van der Waals surface area (Å²) in [5, 5.41) is 16.4. The summed E-state index contributed by atoms with van der Waals surface area (Å²) in [5.41, 5.74) is 2.40. The molecule has 1 N–H and O–H groups in total. The van der Waals surface area contributed by atoms with Gasteiger partial charge in [-0.25, -0.2) is 9.50 Å². The lowest BCUT2D eigenvalue weighted by Gasteiger charge is -2.11. The van der Waals surface area contributed by atoms with Crippen molar-refractivity contribution in [2.75, 3.05) is 5.32 Å². The van der Waals surface area contributed by atoms with E-state index in [0.29, 0.717) is 27.1 Å². The highest BCUT2D eigenvalue weighted by Crippen LogP contribution is 2.34. The topological polar surface area (TPSA) is 83.1 Å². The molecule has 1 aromatic carbocycles. The lowest BCUT2D eigenvalue weighted by molar-refractivity contribution is -0.142. The number of nitrogens with one attached hydrogen (secondary N) is 1. The number of amides is 1. The average Bonchev–Trinajstić information content (AvgIpc) is 3.34. The second-order valence-corrected chi connectivity index (χ2v) is 9.11. The van der Waals surface area contributed by atoms with Gasteiger partial charge in [-0.2, -0.15) is 23.5 Å². The van der Waals surface area contributed by atoms with Crippen molar-refractivity contribution in [1.29, 1.82) is 5.26 Å². The van der Waals surface area contributed by atoms with Crippen LogP contribution in [0.2, 0.25) is 0 Å². The number of thiophene rings is 1. The highest BCUT2D eigenvalue weighted by Gasteiger charge is 2.36. The molecule has 0 aliphatic carbocycles. The standard InChI is InChI=1S/C24H20F3N5OS/c1-5-16-14(4)34-23(17(16)11-28)30-22(33)19-10-21-29-18(15-7-6-12(2)13(3)8-15)9-20(24(25,26)27)32(21)31-19/h6-10H,5H2,1-4H3,(H,30,33). The number of halogens is 3. The Balaban J connectivity index is 1.79. The van der Waals surface area contributed by atoms with E-state index >= 15 is 0 Å². The van der Waals surface area contributed by atoms with Gasteiger partial charge in [-0.3, -0.25) is 4.79 Å². The van der Waals surface area contributed by atoms with Crippen LogP contribution in [-0.4, -0.2) is 20.5 Å². The van der Waals surface area contributed by atoms with Gasteiger partial charge in [-0.1, -0.05) is 19.1 Å². The first-order valence-electron chi connectivity index (χ1n) is 10.4. The van der Waals surface area contributed by atoms with E-state index in [-0.39, 0.29) is 17.0 Å². The minimum Gasteiger partial charge on any atom is -0.311 e. The van der Waals surface area contributed by atoms with E-state index in [1.807, 2.05) is 33.8 Å². The van der Waals surface area contributed by atoms with Gasteiger partial charge >= 0.3 is 6.18 Å². The Labute approximate surface area is 197 Å². The van der Waals surface area contributed by atoms with Crippen LogP contribution >= 0.6 is 11.3 Å². The first-order chi connectivity index (χ1) is 16.0. The summed E-state index contributed by atoms with van der Waals surface area (Å²) in [6.07, 6.45) is -4.10. The third-order valence-corrected chi connectivity index (χ3v) is 6.72. The molecular formula is C24H20F3N5OS. The van der Waals surface area contributed by atoms with E-state index < -0.39 is 17.8 Å². The predicted octanol–water partition coefficient (Wildman–Crippen LogP) is 6.09. The highest BCUT2D eigenvalue weighted by atomic mass is 32.1. The summed E-state index contributed by atoms with van der Waals surface area (Å²) in [6.45, 7) is 7.53. The number of hydrogen-bond donors (Lipinski definition) is 1. The van der Waals surface area contributed by atoms with Crippen molar-refractivity contribution >= 4 is 27.9 Å². The van der Waals surface area contributed by atoms with Crippen molar-refractivity contribution in [3.8, 4) is 17.3 Å². The molecule has 6 nitrogen and oxygen atoms in total. The third kappa shape index (κ3) is 4.15. The number of alkyl halides is 3. The molecule has 10 heteroatoms. The number of aromatic nitrogens is 3. The maximum atomic E-state index is 13.9. The van der Waals surface area contributed by atoms with Crippen molar-refractivity contribution in [2.45, 2.75) is 40.3 Å². The van der Waals surface area contributed by atoms with Crippen LogP contribution in [0.15, 0.2) is 30.3 Å². The Kier molecular flexibility index (Phi) is 5.91. The lowest BCUT2D eigenvalue weighted by Crippen LogP contribution is -2.15. The zero-order valence-electron chi connectivity index (χ0n) is 18.8. The summed E-state index contributed by atoms with van der Waals surface area (Å²) in [4.78, 5) is 18.1. The van der Waals surface area contributed by atoms with E-state index in [4.69, 9.17) is 0 Å². The van der Waals surface area contributed by atoms with Gasteiger partial charge in [0.05, 0.1) is 11.3 Å². The van der Waals surface area contributed by atoms with Crippen LogP contribution in [0.3, 0.4) is 0 Å². The SMILES string of the molecule is CCc1c(C)sc(NC(=O)c2cc3nc(-c4ccc(C)c(C)c4)cc(C(F)(F)F)n3n2)c1C#N. The van der Waals surface area contributed by atoms with Crippen LogP contribution in [0.25, 0.3) is 16.9 Å². The second kappa shape index (κ2) is 8.57. The molecule has 0 radical (unpaired) electrons. The number of fused-ring (bicyclic) bond motifs is 1. The molecule has 3 aromatic heterocycles. The fraction of sp³-hybridized carbons (Fsp3) is 0.250. The number of aryl methyl sites for hydroxylation is 3. The molecule has 4 aromatic rings. The first-order valence-corrected chi connectivity index (χ1v) is 11.2. The Morgan fingerprint density at radius 3 is 2.53 bits per heavy atom. The van der Waals surface area contributed by atoms with Gasteiger partial charge in [0.15, 0.2) is 17.0 Å². The Morgan fingerprint density at radius 1 is 1.18 bits per heavy atom. The predicted molar refractivity (Wildman–Crippen MR) is 124 cm³/mol. The molecule has 0 unspecified atom stereocenters. The molecule has 0 fully saturated rings. The maximum absolute atomic E-state index is 13.9. The summed E-state index contributed by atoms with van der Waals surface area (Å²) in [7, 11) is 0. The fourth-order valence-electron chi connectivity index (χ4n) is 3.71. The number of rotatable bonds is 4. The average molecular weight is 484 g/mol.